The highest BCUT2D eigenvalue weighted by Gasteiger charge is 2.22. The van der Waals surface area contributed by atoms with Gasteiger partial charge >= 0.3 is 8.25 Å². The molecule has 240 valence electrons. The van der Waals surface area contributed by atoms with Gasteiger partial charge in [-0.15, -0.1) is 0 Å². The van der Waals surface area contributed by atoms with Crippen molar-refractivity contribution in [2.45, 2.75) is 72.1 Å². The summed E-state index contributed by atoms with van der Waals surface area (Å²) >= 11 is 0. The van der Waals surface area contributed by atoms with Crippen molar-refractivity contribution in [3.63, 3.8) is 0 Å². The van der Waals surface area contributed by atoms with Crippen LogP contribution in [-0.4, -0.2) is 61.4 Å². The zero-order chi connectivity index (χ0) is 31.8. The van der Waals surface area contributed by atoms with Crippen LogP contribution in [0.4, 0.5) is 5.69 Å². The highest BCUT2D eigenvalue weighted by Crippen LogP contribution is 2.32. The molecular formula is C31H47N2O8PS. The number of fused-ring (bicyclic) bond motifs is 1. The number of aryl methyl sites for hydroxylation is 1. The molecule has 0 aliphatic carbocycles. The third-order valence-electron chi connectivity index (χ3n) is 6.71. The van der Waals surface area contributed by atoms with Crippen molar-refractivity contribution in [3.05, 3.63) is 59.4 Å². The summed E-state index contributed by atoms with van der Waals surface area (Å²) in [5, 5.41) is 0.607. The fraction of sp³-hybridized carbons (Fsp3) is 0.516. The Balaban J connectivity index is 0.00000151. The number of nitrogens with one attached hydrogen (secondary N) is 1. The second-order valence-electron chi connectivity index (χ2n) is 10.5. The minimum atomic E-state index is -3.45. The largest absolute Gasteiger partial charge is 0.494 e. The second kappa shape index (κ2) is 18.9. The molecule has 10 nitrogen and oxygen atoms in total. The van der Waals surface area contributed by atoms with Crippen LogP contribution in [0, 0.1) is 0 Å². The normalized spacial score (nSPS) is 11.5. The van der Waals surface area contributed by atoms with Gasteiger partial charge in [-0.2, -0.15) is 0 Å². The van der Waals surface area contributed by atoms with Gasteiger partial charge < -0.3 is 23.8 Å². The number of ketones is 1. The Morgan fingerprint density at radius 3 is 2.07 bits per heavy atom. The molecule has 0 unspecified atom stereocenters. The van der Waals surface area contributed by atoms with Gasteiger partial charge in [-0.05, 0) is 81.2 Å². The van der Waals surface area contributed by atoms with Crippen molar-refractivity contribution < 1.29 is 36.7 Å². The number of carbonyl (C=O) groups is 1. The molecule has 0 aliphatic rings. The lowest BCUT2D eigenvalue weighted by atomic mass is 9.98. The number of nitrogens with zero attached hydrogens (tertiary/aromatic N) is 1. The number of rotatable bonds is 18. The first-order chi connectivity index (χ1) is 20.5. The maximum absolute atomic E-state index is 13.7. The minimum absolute atomic E-state index is 0.148. The van der Waals surface area contributed by atoms with Crippen LogP contribution < -0.4 is 9.46 Å². The Hall–Kier alpha value is -2.69. The molecule has 3 N–H and O–H groups in total. The van der Waals surface area contributed by atoms with Crippen LogP contribution in [0.2, 0.25) is 0 Å². The molecule has 0 aliphatic heterocycles. The first-order valence-corrected chi connectivity index (χ1v) is 18.1. The fourth-order valence-corrected chi connectivity index (χ4v) is 5.17. The summed E-state index contributed by atoms with van der Waals surface area (Å²) in [6, 6.07) is 12.3. The Kier molecular flexibility index (Phi) is 16.0. The van der Waals surface area contributed by atoms with Crippen molar-refractivity contribution >= 4 is 40.7 Å². The van der Waals surface area contributed by atoms with Gasteiger partial charge in [-0.3, -0.25) is 14.1 Å². The smallest absolute Gasteiger partial charge is 0.314 e. The summed E-state index contributed by atoms with van der Waals surface area (Å²) < 4.78 is 46.8. The van der Waals surface area contributed by atoms with Crippen molar-refractivity contribution in [1.29, 1.82) is 0 Å². The maximum atomic E-state index is 13.7. The van der Waals surface area contributed by atoms with Gasteiger partial charge in [0.05, 0.1) is 18.4 Å². The number of carbonyl (C=O) groups excluding carboxylic acids is 1. The quantitative estimate of drug-likeness (QED) is 0.0817. The summed E-state index contributed by atoms with van der Waals surface area (Å²) in [5.41, 5.74) is 1.99. The molecule has 0 spiro atoms. The van der Waals surface area contributed by atoms with Crippen LogP contribution >= 0.6 is 8.25 Å². The number of hydrogen-bond donors (Lipinski definition) is 3. The molecule has 3 rings (SSSR count). The van der Waals surface area contributed by atoms with E-state index in [0.29, 0.717) is 46.6 Å². The number of furan rings is 1. The van der Waals surface area contributed by atoms with Gasteiger partial charge in [0.2, 0.25) is 10.0 Å². The topological polar surface area (TPSA) is 146 Å². The average Bonchev–Trinajstić information content (AvgIpc) is 3.31. The molecule has 1 aromatic heterocycles. The van der Waals surface area contributed by atoms with E-state index in [2.05, 4.69) is 30.4 Å². The summed E-state index contributed by atoms with van der Waals surface area (Å²) in [6.07, 6.45) is 9.40. The van der Waals surface area contributed by atoms with Crippen LogP contribution in [0.3, 0.4) is 0 Å². The molecule has 3 aromatic rings. The third kappa shape index (κ3) is 13.2. The van der Waals surface area contributed by atoms with Crippen LogP contribution in [0.1, 0.15) is 87.4 Å². The molecular weight excluding hydrogens is 591 g/mol. The van der Waals surface area contributed by atoms with Crippen LogP contribution in [-0.2, 0) is 21.0 Å². The molecule has 0 radical (unpaired) electrons. The third-order valence-corrected chi connectivity index (χ3v) is 7.31. The average molecular weight is 639 g/mol. The zero-order valence-corrected chi connectivity index (χ0v) is 27.5. The van der Waals surface area contributed by atoms with Crippen LogP contribution in [0.25, 0.3) is 11.0 Å². The number of unbranched alkanes of at least 4 members (excludes halogenated alkanes) is 3. The predicted octanol–water partition coefficient (Wildman–Crippen LogP) is 6.41. The standard InChI is InChI=1S/C31H44N2O5S.H3O3P/c1-5-8-12-29-30(27-23-25(32-39(4,35)36)15-18-28(27)38-29)31(34)24-13-16-26(17-14-24)37-22-11-21-33(19-9-6-2)20-10-7-3;1-4(2)3/h13-18,23,32H,5-12,19-22H2,1-4H3;4H,(H2,1,2,3). The van der Waals surface area contributed by atoms with Gasteiger partial charge in [0.1, 0.15) is 17.1 Å². The summed E-state index contributed by atoms with van der Waals surface area (Å²) in [5.74, 6) is 1.22. The summed E-state index contributed by atoms with van der Waals surface area (Å²) in [6.45, 7) is 10.5. The van der Waals surface area contributed by atoms with Gasteiger partial charge in [-0.1, -0.05) is 40.0 Å². The first-order valence-electron chi connectivity index (χ1n) is 14.9. The van der Waals surface area contributed by atoms with Crippen molar-refractivity contribution in [3.8, 4) is 5.75 Å². The van der Waals surface area contributed by atoms with E-state index in [1.807, 2.05) is 12.1 Å². The van der Waals surface area contributed by atoms with Crippen molar-refractivity contribution in [2.24, 2.45) is 0 Å². The van der Waals surface area contributed by atoms with E-state index in [-0.39, 0.29) is 5.78 Å². The van der Waals surface area contributed by atoms with Gasteiger partial charge in [0.25, 0.3) is 0 Å². The lowest BCUT2D eigenvalue weighted by Gasteiger charge is -2.21. The number of benzene rings is 2. The number of sulfonamides is 1. The van der Waals surface area contributed by atoms with Crippen LogP contribution in [0.15, 0.2) is 46.9 Å². The highest BCUT2D eigenvalue weighted by atomic mass is 32.2. The van der Waals surface area contributed by atoms with E-state index in [1.165, 1.54) is 25.7 Å². The zero-order valence-electron chi connectivity index (χ0n) is 25.7. The number of hydrogen-bond acceptors (Lipinski definition) is 7. The van der Waals surface area contributed by atoms with E-state index < -0.39 is 18.3 Å². The van der Waals surface area contributed by atoms with Crippen molar-refractivity contribution in [2.75, 3.05) is 37.2 Å². The van der Waals surface area contributed by atoms with Crippen molar-refractivity contribution in [1.82, 2.24) is 4.90 Å². The van der Waals surface area contributed by atoms with Crippen LogP contribution in [0.5, 0.6) is 5.75 Å². The lowest BCUT2D eigenvalue weighted by Crippen LogP contribution is -2.28. The van der Waals surface area contributed by atoms with Gasteiger partial charge in [-0.25, -0.2) is 8.42 Å². The fourth-order valence-electron chi connectivity index (χ4n) is 4.61. The molecule has 0 amide bonds. The number of ether oxygens (including phenoxy) is 1. The minimum Gasteiger partial charge on any atom is -0.494 e. The second-order valence-corrected chi connectivity index (χ2v) is 12.8. The molecule has 2 aromatic carbocycles. The molecule has 0 saturated carbocycles. The molecule has 0 fully saturated rings. The Bertz CT molecular complexity index is 1400. The van der Waals surface area contributed by atoms with E-state index in [4.69, 9.17) is 23.5 Å². The molecule has 12 heteroatoms. The lowest BCUT2D eigenvalue weighted by molar-refractivity contribution is 0.103. The van der Waals surface area contributed by atoms with E-state index >= 15 is 0 Å². The predicted molar refractivity (Wildman–Crippen MR) is 173 cm³/mol. The number of anilines is 1. The SMILES string of the molecule is CCCCc1oc2ccc(NS(C)(=O)=O)cc2c1C(=O)c1ccc(OCCCN(CCCC)CCCC)cc1.O=[PH](O)O. The maximum Gasteiger partial charge on any atom is 0.314 e. The summed E-state index contributed by atoms with van der Waals surface area (Å²) in [7, 11) is -6.58. The van der Waals surface area contributed by atoms with Gasteiger partial charge in [0, 0.05) is 29.6 Å². The molecule has 1 heterocycles. The molecule has 43 heavy (non-hydrogen) atoms. The molecule has 0 saturated heterocycles. The van der Waals surface area contributed by atoms with E-state index in [1.54, 1.807) is 30.3 Å². The van der Waals surface area contributed by atoms with E-state index in [0.717, 1.165) is 50.9 Å². The Morgan fingerprint density at radius 2 is 1.51 bits per heavy atom. The van der Waals surface area contributed by atoms with Gasteiger partial charge in [0.15, 0.2) is 5.78 Å². The Morgan fingerprint density at radius 1 is 0.930 bits per heavy atom. The highest BCUT2D eigenvalue weighted by molar-refractivity contribution is 7.92. The molecule has 0 atom stereocenters. The summed E-state index contributed by atoms with van der Waals surface area (Å²) in [4.78, 5) is 30.5. The monoisotopic (exact) mass is 638 g/mol. The molecule has 0 bridgehead atoms. The first kappa shape index (κ1) is 36.5. The Labute approximate surface area is 256 Å². The van der Waals surface area contributed by atoms with E-state index in [9.17, 15) is 13.2 Å².